The molecule has 17 heavy (non-hydrogen) atoms. The van der Waals surface area contributed by atoms with Gasteiger partial charge in [-0.2, -0.15) is 0 Å². The highest BCUT2D eigenvalue weighted by molar-refractivity contribution is 5.76. The number of carbonyl (C=O) groups is 1. The van der Waals surface area contributed by atoms with Crippen LogP contribution in [0.2, 0.25) is 0 Å². The summed E-state index contributed by atoms with van der Waals surface area (Å²) in [6.07, 6.45) is 5.05. The van der Waals surface area contributed by atoms with Gasteiger partial charge in [-0.3, -0.25) is 4.90 Å². The SMILES string of the molecule is NCCCN(CCN1CCNC1=O)C1CCC1. The van der Waals surface area contributed by atoms with Crippen LogP contribution in [0.4, 0.5) is 4.79 Å². The van der Waals surface area contributed by atoms with E-state index in [-0.39, 0.29) is 6.03 Å². The predicted octanol–water partition coefficient (Wildman–Crippen LogP) is 0.215. The molecule has 0 radical (unpaired) electrons. The van der Waals surface area contributed by atoms with Crippen LogP contribution in [0.1, 0.15) is 25.7 Å². The normalized spacial score (nSPS) is 20.8. The van der Waals surface area contributed by atoms with E-state index < -0.39 is 0 Å². The first-order valence-electron chi connectivity index (χ1n) is 6.78. The first kappa shape index (κ1) is 12.6. The van der Waals surface area contributed by atoms with Crippen LogP contribution in [0.3, 0.4) is 0 Å². The molecular formula is C12H24N4O. The lowest BCUT2D eigenvalue weighted by atomic mass is 9.91. The summed E-state index contributed by atoms with van der Waals surface area (Å²) >= 11 is 0. The van der Waals surface area contributed by atoms with Crippen molar-refractivity contribution < 1.29 is 4.79 Å². The minimum absolute atomic E-state index is 0.0948. The number of nitrogens with one attached hydrogen (secondary N) is 1. The van der Waals surface area contributed by atoms with Crippen molar-refractivity contribution in [2.45, 2.75) is 31.7 Å². The summed E-state index contributed by atoms with van der Waals surface area (Å²) in [4.78, 5) is 15.9. The standard InChI is InChI=1S/C12H24N4O/c13-5-2-7-15(11-3-1-4-11)9-10-16-8-6-14-12(16)17/h11H,1-10,13H2,(H,14,17). The second kappa shape index (κ2) is 6.21. The third-order valence-electron chi connectivity index (χ3n) is 3.84. The summed E-state index contributed by atoms with van der Waals surface area (Å²) in [5.74, 6) is 0. The van der Waals surface area contributed by atoms with Gasteiger partial charge in [0.2, 0.25) is 0 Å². The number of hydrogen-bond acceptors (Lipinski definition) is 3. The summed E-state index contributed by atoms with van der Waals surface area (Å²) in [6.45, 7) is 5.34. The van der Waals surface area contributed by atoms with Gasteiger partial charge in [-0.25, -0.2) is 4.79 Å². The zero-order valence-corrected chi connectivity index (χ0v) is 10.5. The fourth-order valence-corrected chi connectivity index (χ4v) is 2.50. The third kappa shape index (κ3) is 3.33. The van der Waals surface area contributed by atoms with Crippen LogP contribution in [0.25, 0.3) is 0 Å². The Hall–Kier alpha value is -0.810. The lowest BCUT2D eigenvalue weighted by Gasteiger charge is -2.38. The van der Waals surface area contributed by atoms with E-state index in [1.807, 2.05) is 4.90 Å². The molecule has 0 atom stereocenters. The molecule has 2 amide bonds. The molecule has 1 aliphatic heterocycles. The van der Waals surface area contributed by atoms with Crippen LogP contribution in [0, 0.1) is 0 Å². The summed E-state index contributed by atoms with van der Waals surface area (Å²) in [5, 5.41) is 2.84. The Kier molecular flexibility index (Phi) is 4.62. The molecule has 1 heterocycles. The third-order valence-corrected chi connectivity index (χ3v) is 3.84. The molecular weight excluding hydrogens is 216 g/mol. The quantitative estimate of drug-likeness (QED) is 0.669. The van der Waals surface area contributed by atoms with E-state index in [9.17, 15) is 4.79 Å². The van der Waals surface area contributed by atoms with Crippen LogP contribution in [-0.4, -0.2) is 61.1 Å². The summed E-state index contributed by atoms with van der Waals surface area (Å²) < 4.78 is 0. The Bertz CT molecular complexity index is 255. The average Bonchev–Trinajstić information content (AvgIpc) is 2.65. The molecule has 1 saturated heterocycles. The molecule has 0 aromatic heterocycles. The summed E-state index contributed by atoms with van der Waals surface area (Å²) in [7, 11) is 0. The highest BCUT2D eigenvalue weighted by Crippen LogP contribution is 2.24. The van der Waals surface area contributed by atoms with Gasteiger partial charge in [-0.1, -0.05) is 6.42 Å². The molecule has 0 aromatic carbocycles. The lowest BCUT2D eigenvalue weighted by Crippen LogP contribution is -2.45. The van der Waals surface area contributed by atoms with Crippen molar-refractivity contribution in [1.82, 2.24) is 15.1 Å². The van der Waals surface area contributed by atoms with Crippen molar-refractivity contribution in [2.24, 2.45) is 5.73 Å². The molecule has 5 heteroatoms. The van der Waals surface area contributed by atoms with Crippen molar-refractivity contribution in [3.8, 4) is 0 Å². The average molecular weight is 240 g/mol. The van der Waals surface area contributed by atoms with Crippen LogP contribution < -0.4 is 11.1 Å². The maximum absolute atomic E-state index is 11.4. The Morgan fingerprint density at radius 1 is 1.41 bits per heavy atom. The Morgan fingerprint density at radius 3 is 2.76 bits per heavy atom. The van der Waals surface area contributed by atoms with Gasteiger partial charge < -0.3 is 16.0 Å². The summed E-state index contributed by atoms with van der Waals surface area (Å²) in [6, 6.07) is 0.838. The van der Waals surface area contributed by atoms with Crippen molar-refractivity contribution in [3.63, 3.8) is 0 Å². The Morgan fingerprint density at radius 2 is 2.24 bits per heavy atom. The molecule has 0 unspecified atom stereocenters. The molecule has 1 aliphatic carbocycles. The van der Waals surface area contributed by atoms with Crippen molar-refractivity contribution in [3.05, 3.63) is 0 Å². The molecule has 2 aliphatic rings. The molecule has 3 N–H and O–H groups in total. The van der Waals surface area contributed by atoms with Gasteiger partial charge >= 0.3 is 6.03 Å². The fraction of sp³-hybridized carbons (Fsp3) is 0.917. The van der Waals surface area contributed by atoms with E-state index in [2.05, 4.69) is 10.2 Å². The first-order valence-corrected chi connectivity index (χ1v) is 6.78. The zero-order valence-electron chi connectivity index (χ0n) is 10.5. The van der Waals surface area contributed by atoms with Gasteiger partial charge in [0.1, 0.15) is 0 Å². The molecule has 98 valence electrons. The number of nitrogens with zero attached hydrogens (tertiary/aromatic N) is 2. The molecule has 0 aromatic rings. The van der Waals surface area contributed by atoms with Crippen LogP contribution in [0.5, 0.6) is 0 Å². The zero-order chi connectivity index (χ0) is 12.1. The Balaban J connectivity index is 1.73. The van der Waals surface area contributed by atoms with Gasteiger partial charge in [0.05, 0.1) is 0 Å². The van der Waals surface area contributed by atoms with E-state index >= 15 is 0 Å². The number of nitrogens with two attached hydrogens (primary N) is 1. The molecule has 5 nitrogen and oxygen atoms in total. The largest absolute Gasteiger partial charge is 0.336 e. The highest BCUT2D eigenvalue weighted by atomic mass is 16.2. The van der Waals surface area contributed by atoms with Crippen molar-refractivity contribution in [2.75, 3.05) is 39.3 Å². The predicted molar refractivity (Wildman–Crippen MR) is 67.9 cm³/mol. The van der Waals surface area contributed by atoms with Gasteiger partial charge in [0, 0.05) is 32.2 Å². The lowest BCUT2D eigenvalue weighted by molar-refractivity contribution is 0.116. The first-order chi connectivity index (χ1) is 8.31. The van der Waals surface area contributed by atoms with Gasteiger partial charge in [0.25, 0.3) is 0 Å². The van der Waals surface area contributed by atoms with E-state index in [1.54, 1.807) is 0 Å². The maximum Gasteiger partial charge on any atom is 0.317 e. The Labute approximate surface area is 103 Å². The van der Waals surface area contributed by atoms with Crippen molar-refractivity contribution in [1.29, 1.82) is 0 Å². The molecule has 2 fully saturated rings. The van der Waals surface area contributed by atoms with E-state index in [0.717, 1.165) is 51.7 Å². The van der Waals surface area contributed by atoms with Gasteiger partial charge in [-0.05, 0) is 32.4 Å². The number of urea groups is 1. The number of rotatable bonds is 7. The van der Waals surface area contributed by atoms with E-state index in [4.69, 9.17) is 5.73 Å². The van der Waals surface area contributed by atoms with Crippen LogP contribution in [-0.2, 0) is 0 Å². The number of hydrogen-bond donors (Lipinski definition) is 2. The molecule has 0 spiro atoms. The monoisotopic (exact) mass is 240 g/mol. The maximum atomic E-state index is 11.4. The van der Waals surface area contributed by atoms with E-state index in [0.29, 0.717) is 0 Å². The second-order valence-electron chi connectivity index (χ2n) is 4.98. The molecule has 0 bridgehead atoms. The van der Waals surface area contributed by atoms with Crippen LogP contribution >= 0.6 is 0 Å². The number of amides is 2. The van der Waals surface area contributed by atoms with Crippen LogP contribution in [0.15, 0.2) is 0 Å². The second-order valence-corrected chi connectivity index (χ2v) is 4.98. The number of carbonyl (C=O) groups excluding carboxylic acids is 1. The molecule has 2 rings (SSSR count). The topological polar surface area (TPSA) is 61.6 Å². The van der Waals surface area contributed by atoms with Crippen molar-refractivity contribution >= 4 is 6.03 Å². The minimum Gasteiger partial charge on any atom is -0.336 e. The molecule has 1 saturated carbocycles. The minimum atomic E-state index is 0.0948. The van der Waals surface area contributed by atoms with Gasteiger partial charge in [-0.15, -0.1) is 0 Å². The highest BCUT2D eigenvalue weighted by Gasteiger charge is 2.26. The van der Waals surface area contributed by atoms with E-state index in [1.165, 1.54) is 19.3 Å². The fourth-order valence-electron chi connectivity index (χ4n) is 2.50. The van der Waals surface area contributed by atoms with Gasteiger partial charge in [0.15, 0.2) is 0 Å². The summed E-state index contributed by atoms with van der Waals surface area (Å²) in [5.41, 5.74) is 5.58. The smallest absolute Gasteiger partial charge is 0.317 e.